The minimum absolute atomic E-state index is 1.05. The van der Waals surface area contributed by atoms with Crippen LogP contribution in [0.2, 0.25) is 0 Å². The molecule has 0 aliphatic carbocycles. The lowest BCUT2D eigenvalue weighted by molar-refractivity contribution is 1.42. The average molecular weight is 293 g/mol. The molecule has 0 fully saturated rings. The maximum absolute atomic E-state index is 4.62. The molecule has 1 aromatic carbocycles. The zero-order valence-electron chi connectivity index (χ0n) is 10.6. The third kappa shape index (κ3) is 1.87. The van der Waals surface area contributed by atoms with Crippen molar-refractivity contribution in [2.45, 2.75) is 0 Å². The molecular weight excluding hydrogens is 282 g/mol. The Balaban J connectivity index is 2.12. The average Bonchev–Trinajstić information content (AvgIpc) is 3.19. The van der Waals surface area contributed by atoms with E-state index in [1.165, 1.54) is 26.3 Å². The second-order valence-corrected chi connectivity index (χ2v) is 6.41. The van der Waals surface area contributed by atoms with Crippen molar-refractivity contribution in [3.63, 3.8) is 0 Å². The van der Waals surface area contributed by atoms with Crippen LogP contribution in [0.5, 0.6) is 0 Å². The highest BCUT2D eigenvalue weighted by atomic mass is 32.1. The molecule has 0 spiro atoms. The summed E-state index contributed by atoms with van der Waals surface area (Å²) >= 11 is 3.54. The van der Waals surface area contributed by atoms with Gasteiger partial charge in [0.25, 0.3) is 0 Å². The molecular formula is C17H11NS2. The summed E-state index contributed by atoms with van der Waals surface area (Å²) in [5.41, 5.74) is 3.57. The van der Waals surface area contributed by atoms with Gasteiger partial charge in [0.1, 0.15) is 0 Å². The Kier molecular flexibility index (Phi) is 2.87. The maximum Gasteiger partial charge on any atom is 0.0708 e. The van der Waals surface area contributed by atoms with Crippen molar-refractivity contribution >= 4 is 33.6 Å². The van der Waals surface area contributed by atoms with E-state index < -0.39 is 0 Å². The van der Waals surface area contributed by atoms with E-state index >= 15 is 0 Å². The van der Waals surface area contributed by atoms with E-state index in [2.05, 4.69) is 58.2 Å². The van der Waals surface area contributed by atoms with Crippen LogP contribution in [0, 0.1) is 0 Å². The van der Waals surface area contributed by atoms with Gasteiger partial charge in [-0.1, -0.05) is 30.3 Å². The molecule has 4 rings (SSSR count). The maximum atomic E-state index is 4.62. The van der Waals surface area contributed by atoms with Crippen molar-refractivity contribution in [3.8, 4) is 20.9 Å². The molecule has 0 saturated heterocycles. The van der Waals surface area contributed by atoms with Gasteiger partial charge in [-0.2, -0.15) is 0 Å². The monoisotopic (exact) mass is 293 g/mol. The van der Waals surface area contributed by atoms with Crippen molar-refractivity contribution in [3.05, 3.63) is 65.5 Å². The number of aromatic nitrogens is 1. The van der Waals surface area contributed by atoms with Gasteiger partial charge >= 0.3 is 0 Å². The van der Waals surface area contributed by atoms with E-state index in [0.29, 0.717) is 0 Å². The first-order valence-corrected chi connectivity index (χ1v) is 8.15. The smallest absolute Gasteiger partial charge is 0.0708 e. The fourth-order valence-electron chi connectivity index (χ4n) is 2.45. The fraction of sp³-hybridized carbons (Fsp3) is 0. The minimum atomic E-state index is 1.05. The number of hydrogen-bond donors (Lipinski definition) is 0. The third-order valence-corrected chi connectivity index (χ3v) is 5.12. The quantitative estimate of drug-likeness (QED) is 0.462. The molecule has 4 aromatic rings. The lowest BCUT2D eigenvalue weighted by Gasteiger charge is -2.10. The van der Waals surface area contributed by atoms with Gasteiger partial charge in [-0.15, -0.1) is 22.7 Å². The number of pyridine rings is 1. The third-order valence-electron chi connectivity index (χ3n) is 3.33. The summed E-state index contributed by atoms with van der Waals surface area (Å²) in [5, 5.41) is 5.46. The Morgan fingerprint density at radius 2 is 1.50 bits per heavy atom. The number of nitrogens with zero attached hydrogens (tertiary/aromatic N) is 1. The Hall–Kier alpha value is -1.97. The highest BCUT2D eigenvalue weighted by Gasteiger charge is 2.13. The Morgan fingerprint density at radius 1 is 0.750 bits per heavy atom. The summed E-state index contributed by atoms with van der Waals surface area (Å²) < 4.78 is 0. The molecule has 0 aliphatic heterocycles. The number of thiophene rings is 2. The Bertz CT molecular complexity index is 846. The van der Waals surface area contributed by atoms with Crippen LogP contribution in [0.4, 0.5) is 0 Å². The van der Waals surface area contributed by atoms with Gasteiger partial charge in [0.05, 0.1) is 5.52 Å². The predicted molar refractivity (Wildman–Crippen MR) is 88.4 cm³/mol. The normalized spacial score (nSPS) is 11.0. The Labute approximate surface area is 125 Å². The first-order valence-electron chi connectivity index (χ1n) is 6.39. The first kappa shape index (κ1) is 11.8. The molecule has 20 heavy (non-hydrogen) atoms. The van der Waals surface area contributed by atoms with E-state index in [4.69, 9.17) is 0 Å². The lowest BCUT2D eigenvalue weighted by Crippen LogP contribution is -1.87. The first-order chi connectivity index (χ1) is 9.93. The molecule has 0 N–H and O–H groups in total. The van der Waals surface area contributed by atoms with E-state index in [9.17, 15) is 0 Å². The van der Waals surface area contributed by atoms with E-state index in [1.807, 2.05) is 12.3 Å². The van der Waals surface area contributed by atoms with Crippen LogP contribution >= 0.6 is 22.7 Å². The van der Waals surface area contributed by atoms with Crippen LogP contribution in [-0.4, -0.2) is 4.98 Å². The summed E-state index contributed by atoms with van der Waals surface area (Å²) in [6.45, 7) is 0. The van der Waals surface area contributed by atoms with Crippen molar-refractivity contribution in [2.24, 2.45) is 0 Å². The highest BCUT2D eigenvalue weighted by molar-refractivity contribution is 7.14. The van der Waals surface area contributed by atoms with Crippen LogP contribution < -0.4 is 0 Å². The molecule has 1 nitrogen and oxygen atoms in total. The largest absolute Gasteiger partial charge is 0.256 e. The van der Waals surface area contributed by atoms with Crippen LogP contribution in [-0.2, 0) is 0 Å². The van der Waals surface area contributed by atoms with Crippen molar-refractivity contribution in [2.75, 3.05) is 0 Å². The summed E-state index contributed by atoms with van der Waals surface area (Å²) in [7, 11) is 0. The molecule has 0 amide bonds. The van der Waals surface area contributed by atoms with E-state index in [-0.39, 0.29) is 0 Å². The standard InChI is InChI=1S/C17H11NS2/c1-2-6-14-12(5-1)17(16-8-4-10-20-16)13(11-18-14)15-7-3-9-19-15/h1-11H. The molecule has 0 aliphatic rings. The van der Waals surface area contributed by atoms with Gasteiger partial charge in [-0.3, -0.25) is 4.98 Å². The van der Waals surface area contributed by atoms with Crippen LogP contribution in [0.3, 0.4) is 0 Å². The van der Waals surface area contributed by atoms with Gasteiger partial charge in [-0.05, 0) is 29.0 Å². The van der Waals surface area contributed by atoms with Crippen molar-refractivity contribution < 1.29 is 0 Å². The number of hydrogen-bond acceptors (Lipinski definition) is 3. The summed E-state index contributed by atoms with van der Waals surface area (Å²) in [6, 6.07) is 16.9. The number of para-hydroxylation sites is 1. The van der Waals surface area contributed by atoms with Crippen LogP contribution in [0.1, 0.15) is 0 Å². The van der Waals surface area contributed by atoms with Crippen LogP contribution in [0.15, 0.2) is 65.5 Å². The van der Waals surface area contributed by atoms with Crippen molar-refractivity contribution in [1.82, 2.24) is 4.98 Å². The molecule has 3 heteroatoms. The summed E-state index contributed by atoms with van der Waals surface area (Å²) in [4.78, 5) is 7.19. The highest BCUT2D eigenvalue weighted by Crippen LogP contribution is 2.40. The molecule has 96 valence electrons. The zero-order valence-corrected chi connectivity index (χ0v) is 12.2. The summed E-state index contributed by atoms with van der Waals surface area (Å²) in [5.74, 6) is 0. The minimum Gasteiger partial charge on any atom is -0.256 e. The number of rotatable bonds is 2. The second kappa shape index (κ2) is 4.85. The molecule has 0 saturated carbocycles. The number of benzene rings is 1. The van der Waals surface area contributed by atoms with E-state index in [0.717, 1.165) is 5.52 Å². The van der Waals surface area contributed by atoms with Gasteiger partial charge in [0.2, 0.25) is 0 Å². The molecule has 3 heterocycles. The van der Waals surface area contributed by atoms with Gasteiger partial charge in [-0.25, -0.2) is 0 Å². The SMILES string of the molecule is c1csc(-c2cnc3ccccc3c2-c2cccs2)c1. The van der Waals surface area contributed by atoms with Gasteiger partial charge in [0.15, 0.2) is 0 Å². The molecule has 0 atom stereocenters. The lowest BCUT2D eigenvalue weighted by atomic mass is 10.0. The zero-order chi connectivity index (χ0) is 13.4. The molecule has 0 unspecified atom stereocenters. The fourth-order valence-corrected chi connectivity index (χ4v) is 3.99. The summed E-state index contributed by atoms with van der Waals surface area (Å²) in [6.07, 6.45) is 2.00. The Morgan fingerprint density at radius 3 is 2.25 bits per heavy atom. The molecule has 0 radical (unpaired) electrons. The molecule has 0 bridgehead atoms. The van der Waals surface area contributed by atoms with Gasteiger partial charge in [0, 0.05) is 32.5 Å². The topological polar surface area (TPSA) is 12.9 Å². The second-order valence-electron chi connectivity index (χ2n) is 4.52. The van der Waals surface area contributed by atoms with Crippen LogP contribution in [0.25, 0.3) is 31.8 Å². The van der Waals surface area contributed by atoms with Crippen molar-refractivity contribution in [1.29, 1.82) is 0 Å². The van der Waals surface area contributed by atoms with Gasteiger partial charge < -0.3 is 0 Å². The van der Waals surface area contributed by atoms with E-state index in [1.54, 1.807) is 22.7 Å². The predicted octanol–water partition coefficient (Wildman–Crippen LogP) is 5.69. The number of fused-ring (bicyclic) bond motifs is 1. The molecule has 3 aromatic heterocycles.